The van der Waals surface area contributed by atoms with Gasteiger partial charge in [0.2, 0.25) is 0 Å². The van der Waals surface area contributed by atoms with E-state index in [4.69, 9.17) is 10.00 Å². The molecule has 5 heteroatoms. The minimum absolute atomic E-state index is 0.384. The lowest BCUT2D eigenvalue weighted by Gasteiger charge is -2.08. The van der Waals surface area contributed by atoms with Crippen molar-refractivity contribution < 1.29 is 4.74 Å². The Bertz CT molecular complexity index is 350. The van der Waals surface area contributed by atoms with Gasteiger partial charge in [-0.05, 0) is 44.0 Å². The topological polar surface area (TPSA) is 33.0 Å². The molecular formula is C9H6Br3NO. The third-order valence-electron chi connectivity index (χ3n) is 1.42. The van der Waals surface area contributed by atoms with Gasteiger partial charge in [0, 0.05) is 4.47 Å². The summed E-state index contributed by atoms with van der Waals surface area (Å²) in [5, 5.41) is 8.37. The lowest BCUT2D eigenvalue weighted by atomic mass is 10.3. The molecule has 0 aliphatic rings. The lowest BCUT2D eigenvalue weighted by Crippen LogP contribution is -1.97. The number of ether oxygens (including phenoxy) is 1. The zero-order valence-electron chi connectivity index (χ0n) is 7.06. The van der Waals surface area contributed by atoms with Crippen LogP contribution in [0.25, 0.3) is 0 Å². The number of hydrogen-bond acceptors (Lipinski definition) is 2. The summed E-state index contributed by atoms with van der Waals surface area (Å²) in [4.78, 5) is 0. The highest BCUT2D eigenvalue weighted by molar-refractivity contribution is 9.11. The van der Waals surface area contributed by atoms with Gasteiger partial charge in [-0.2, -0.15) is 5.26 Å². The first-order valence-electron chi connectivity index (χ1n) is 3.79. The summed E-state index contributed by atoms with van der Waals surface area (Å²) in [6.45, 7) is 0.398. The van der Waals surface area contributed by atoms with E-state index < -0.39 is 0 Å². The molecule has 1 aromatic rings. The number of halogens is 3. The monoisotopic (exact) mass is 381 g/mol. The van der Waals surface area contributed by atoms with Crippen molar-refractivity contribution in [1.29, 1.82) is 5.26 Å². The van der Waals surface area contributed by atoms with Crippen LogP contribution < -0.4 is 4.74 Å². The molecule has 0 saturated carbocycles. The highest BCUT2D eigenvalue weighted by Gasteiger charge is 2.07. The first-order valence-corrected chi connectivity index (χ1v) is 6.17. The predicted molar refractivity (Wildman–Crippen MR) is 65.3 cm³/mol. The van der Waals surface area contributed by atoms with E-state index in [0.717, 1.165) is 19.2 Å². The fraction of sp³-hybridized carbons (Fsp3) is 0.222. The molecule has 0 unspecified atom stereocenters. The predicted octanol–water partition coefficient (Wildman–Crippen LogP) is 4.27. The summed E-state index contributed by atoms with van der Waals surface area (Å²) in [6, 6.07) is 5.81. The fourth-order valence-corrected chi connectivity index (χ4v) is 3.35. The second-order valence-electron chi connectivity index (χ2n) is 2.46. The molecule has 0 bridgehead atoms. The molecule has 0 aromatic heterocycles. The molecule has 0 atom stereocenters. The number of benzene rings is 1. The van der Waals surface area contributed by atoms with Crippen LogP contribution in [-0.4, -0.2) is 6.61 Å². The number of nitrogens with zero attached hydrogens (tertiary/aromatic N) is 1. The van der Waals surface area contributed by atoms with Crippen LogP contribution in [0, 0.1) is 11.3 Å². The van der Waals surface area contributed by atoms with E-state index in [2.05, 4.69) is 47.8 Å². The molecule has 74 valence electrons. The van der Waals surface area contributed by atoms with Crippen LogP contribution in [0.15, 0.2) is 25.6 Å². The molecule has 0 spiro atoms. The maximum absolute atomic E-state index is 8.37. The molecule has 0 amide bonds. The Morgan fingerprint density at radius 3 is 2.29 bits per heavy atom. The molecule has 0 fully saturated rings. The molecule has 0 N–H and O–H groups in total. The first kappa shape index (κ1) is 12.0. The Morgan fingerprint density at radius 2 is 1.79 bits per heavy atom. The second kappa shape index (κ2) is 5.74. The summed E-state index contributed by atoms with van der Waals surface area (Å²) < 4.78 is 8.10. The van der Waals surface area contributed by atoms with Crippen molar-refractivity contribution in [3.8, 4) is 11.8 Å². The largest absolute Gasteiger partial charge is 0.490 e. The molecule has 1 aromatic carbocycles. The van der Waals surface area contributed by atoms with Gasteiger partial charge in [-0.3, -0.25) is 0 Å². The SMILES string of the molecule is N#CCCOc1c(Br)cc(Br)cc1Br. The number of nitriles is 1. The normalized spacial score (nSPS) is 9.57. The van der Waals surface area contributed by atoms with E-state index in [1.807, 2.05) is 18.2 Å². The highest BCUT2D eigenvalue weighted by atomic mass is 79.9. The van der Waals surface area contributed by atoms with E-state index in [0.29, 0.717) is 13.0 Å². The third-order valence-corrected chi connectivity index (χ3v) is 3.06. The summed E-state index contributed by atoms with van der Waals surface area (Å²) in [5.41, 5.74) is 0. The maximum Gasteiger partial charge on any atom is 0.147 e. The van der Waals surface area contributed by atoms with E-state index in [9.17, 15) is 0 Å². The van der Waals surface area contributed by atoms with E-state index in [-0.39, 0.29) is 0 Å². The molecule has 1 rings (SSSR count). The summed E-state index contributed by atoms with van der Waals surface area (Å²) >= 11 is 10.1. The third kappa shape index (κ3) is 3.26. The molecule has 0 radical (unpaired) electrons. The van der Waals surface area contributed by atoms with Gasteiger partial charge in [0.1, 0.15) is 12.4 Å². The fourth-order valence-electron chi connectivity index (χ4n) is 0.866. The van der Waals surface area contributed by atoms with Gasteiger partial charge in [0.15, 0.2) is 0 Å². The molecule has 0 saturated heterocycles. The molecule has 0 aliphatic heterocycles. The van der Waals surface area contributed by atoms with E-state index >= 15 is 0 Å². The summed E-state index contributed by atoms with van der Waals surface area (Å²) in [5.74, 6) is 0.725. The van der Waals surface area contributed by atoms with Crippen LogP contribution in [0.4, 0.5) is 0 Å². The van der Waals surface area contributed by atoms with Crippen molar-refractivity contribution in [3.05, 3.63) is 25.6 Å². The molecule has 2 nitrogen and oxygen atoms in total. The van der Waals surface area contributed by atoms with Gasteiger partial charge in [0.05, 0.1) is 21.4 Å². The first-order chi connectivity index (χ1) is 6.65. The number of rotatable bonds is 3. The van der Waals surface area contributed by atoms with E-state index in [1.165, 1.54) is 0 Å². The number of hydrogen-bond donors (Lipinski definition) is 0. The smallest absolute Gasteiger partial charge is 0.147 e. The molecule has 0 aliphatic carbocycles. The van der Waals surface area contributed by atoms with Crippen LogP contribution in [0.1, 0.15) is 6.42 Å². The molecular weight excluding hydrogens is 378 g/mol. The Labute approximate surface area is 108 Å². The average molecular weight is 384 g/mol. The minimum Gasteiger partial charge on any atom is -0.490 e. The van der Waals surface area contributed by atoms with Crippen LogP contribution in [-0.2, 0) is 0 Å². The van der Waals surface area contributed by atoms with Crippen molar-refractivity contribution >= 4 is 47.8 Å². The van der Waals surface area contributed by atoms with Gasteiger partial charge < -0.3 is 4.74 Å². The Morgan fingerprint density at radius 1 is 1.21 bits per heavy atom. The van der Waals surface area contributed by atoms with Crippen molar-refractivity contribution in [2.24, 2.45) is 0 Å². The van der Waals surface area contributed by atoms with Gasteiger partial charge in [0.25, 0.3) is 0 Å². The van der Waals surface area contributed by atoms with Gasteiger partial charge >= 0.3 is 0 Å². The minimum atomic E-state index is 0.384. The van der Waals surface area contributed by atoms with Crippen molar-refractivity contribution in [1.82, 2.24) is 0 Å². The highest BCUT2D eigenvalue weighted by Crippen LogP contribution is 2.36. The Balaban J connectivity index is 2.81. The summed E-state index contributed by atoms with van der Waals surface area (Å²) in [7, 11) is 0. The molecule has 14 heavy (non-hydrogen) atoms. The molecule has 0 heterocycles. The van der Waals surface area contributed by atoms with Gasteiger partial charge in [-0.25, -0.2) is 0 Å². The van der Waals surface area contributed by atoms with Crippen molar-refractivity contribution in [3.63, 3.8) is 0 Å². The van der Waals surface area contributed by atoms with Crippen LogP contribution in [0.2, 0.25) is 0 Å². The van der Waals surface area contributed by atoms with Crippen molar-refractivity contribution in [2.45, 2.75) is 6.42 Å². The lowest BCUT2D eigenvalue weighted by molar-refractivity contribution is 0.322. The quantitative estimate of drug-likeness (QED) is 0.730. The summed E-state index contributed by atoms with van der Waals surface area (Å²) in [6.07, 6.45) is 0.384. The zero-order valence-corrected chi connectivity index (χ0v) is 11.8. The zero-order chi connectivity index (χ0) is 10.6. The van der Waals surface area contributed by atoms with Gasteiger partial charge in [-0.15, -0.1) is 0 Å². The second-order valence-corrected chi connectivity index (χ2v) is 5.08. The Hall–Kier alpha value is -0.0500. The van der Waals surface area contributed by atoms with Crippen molar-refractivity contribution in [2.75, 3.05) is 6.61 Å². The maximum atomic E-state index is 8.37. The van der Waals surface area contributed by atoms with Gasteiger partial charge in [-0.1, -0.05) is 15.9 Å². The van der Waals surface area contributed by atoms with Crippen LogP contribution in [0.3, 0.4) is 0 Å². The van der Waals surface area contributed by atoms with E-state index in [1.54, 1.807) is 0 Å². The average Bonchev–Trinajstić information content (AvgIpc) is 2.09. The van der Waals surface area contributed by atoms with Crippen LogP contribution in [0.5, 0.6) is 5.75 Å². The standard InChI is InChI=1S/C9H6Br3NO/c10-6-4-7(11)9(8(12)5-6)14-3-1-2-13/h4-5H,1,3H2. The Kier molecular flexibility index (Phi) is 4.93. The van der Waals surface area contributed by atoms with Crippen LogP contribution >= 0.6 is 47.8 Å².